The maximum Gasteiger partial charge on any atom is 0.307 e. The van der Waals surface area contributed by atoms with Crippen LogP contribution in [0.25, 0.3) is 0 Å². The SMILES string of the molecule is O=C(O)C1CC1C(=O)N1CCn2cnnc2C1. The molecule has 0 bridgehead atoms. The molecular formula is C10H12N4O3. The lowest BCUT2D eigenvalue weighted by Gasteiger charge is -2.27. The van der Waals surface area contributed by atoms with Crippen LogP contribution < -0.4 is 0 Å². The fraction of sp³-hybridized carbons (Fsp3) is 0.600. The van der Waals surface area contributed by atoms with E-state index in [1.54, 1.807) is 11.2 Å². The molecule has 3 rings (SSSR count). The Hall–Kier alpha value is -1.92. The molecule has 7 heteroatoms. The smallest absolute Gasteiger partial charge is 0.307 e. The number of rotatable bonds is 2. The van der Waals surface area contributed by atoms with Gasteiger partial charge in [0.05, 0.1) is 18.4 Å². The Kier molecular flexibility index (Phi) is 2.13. The van der Waals surface area contributed by atoms with Crippen molar-refractivity contribution in [3.05, 3.63) is 12.2 Å². The van der Waals surface area contributed by atoms with Gasteiger partial charge >= 0.3 is 5.97 Å². The zero-order chi connectivity index (χ0) is 12.0. The lowest BCUT2D eigenvalue weighted by molar-refractivity contribution is -0.142. The van der Waals surface area contributed by atoms with Crippen molar-refractivity contribution in [3.63, 3.8) is 0 Å². The normalized spacial score (nSPS) is 26.5. The van der Waals surface area contributed by atoms with Crippen LogP contribution in [0.15, 0.2) is 6.33 Å². The molecule has 2 unspecified atom stereocenters. The van der Waals surface area contributed by atoms with Crippen LogP contribution in [0.3, 0.4) is 0 Å². The van der Waals surface area contributed by atoms with Crippen molar-refractivity contribution >= 4 is 11.9 Å². The maximum atomic E-state index is 12.0. The van der Waals surface area contributed by atoms with Crippen molar-refractivity contribution in [2.24, 2.45) is 11.8 Å². The van der Waals surface area contributed by atoms with E-state index in [1.165, 1.54) is 0 Å². The topological polar surface area (TPSA) is 88.3 Å². The predicted octanol–water partition coefficient (Wildman–Crippen LogP) is -0.659. The number of amides is 1. The average molecular weight is 236 g/mol. The summed E-state index contributed by atoms with van der Waals surface area (Å²) in [7, 11) is 0. The Balaban J connectivity index is 1.68. The van der Waals surface area contributed by atoms with Crippen LogP contribution in [0.4, 0.5) is 0 Å². The molecule has 7 nitrogen and oxygen atoms in total. The van der Waals surface area contributed by atoms with Gasteiger partial charge in [-0.25, -0.2) is 0 Å². The van der Waals surface area contributed by atoms with Crippen molar-refractivity contribution in [2.75, 3.05) is 6.54 Å². The first-order chi connectivity index (χ1) is 8.16. The van der Waals surface area contributed by atoms with Gasteiger partial charge in [-0.3, -0.25) is 9.59 Å². The molecule has 2 atom stereocenters. The number of carbonyl (C=O) groups excluding carboxylic acids is 1. The Bertz CT molecular complexity index is 484. The molecule has 1 fully saturated rings. The number of aliphatic carboxylic acids is 1. The summed E-state index contributed by atoms with van der Waals surface area (Å²) in [5, 5.41) is 16.5. The van der Waals surface area contributed by atoms with Gasteiger partial charge in [-0.2, -0.15) is 0 Å². The van der Waals surface area contributed by atoms with E-state index in [-0.39, 0.29) is 11.8 Å². The van der Waals surface area contributed by atoms with Crippen LogP contribution >= 0.6 is 0 Å². The number of carboxylic acid groups (broad SMARTS) is 1. The van der Waals surface area contributed by atoms with E-state index in [0.29, 0.717) is 26.1 Å². The first kappa shape index (κ1) is 10.2. The van der Waals surface area contributed by atoms with Gasteiger partial charge in [0.15, 0.2) is 5.82 Å². The summed E-state index contributed by atoms with van der Waals surface area (Å²) in [4.78, 5) is 24.4. The van der Waals surface area contributed by atoms with E-state index in [4.69, 9.17) is 5.11 Å². The van der Waals surface area contributed by atoms with Gasteiger partial charge in [-0.05, 0) is 6.42 Å². The standard InChI is InChI=1S/C10H12N4O3/c15-9(6-3-7(6)10(16)17)13-1-2-14-5-11-12-8(14)4-13/h5-7H,1-4H2,(H,16,17). The van der Waals surface area contributed by atoms with Crippen LogP contribution in [-0.4, -0.2) is 43.2 Å². The summed E-state index contributed by atoms with van der Waals surface area (Å²) in [6.45, 7) is 1.72. The quantitative estimate of drug-likeness (QED) is 0.736. The molecule has 1 aliphatic carbocycles. The summed E-state index contributed by atoms with van der Waals surface area (Å²) < 4.78 is 1.91. The van der Waals surface area contributed by atoms with Gasteiger partial charge in [-0.1, -0.05) is 0 Å². The Morgan fingerprint density at radius 1 is 1.35 bits per heavy atom. The largest absolute Gasteiger partial charge is 0.481 e. The lowest BCUT2D eigenvalue weighted by atomic mass is 10.2. The second-order valence-corrected chi connectivity index (χ2v) is 4.49. The molecular weight excluding hydrogens is 224 g/mol. The molecule has 0 spiro atoms. The van der Waals surface area contributed by atoms with E-state index in [1.807, 2.05) is 4.57 Å². The summed E-state index contributed by atoms with van der Waals surface area (Å²) in [5.74, 6) is -0.989. The fourth-order valence-electron chi connectivity index (χ4n) is 2.23. The van der Waals surface area contributed by atoms with E-state index in [9.17, 15) is 9.59 Å². The minimum absolute atomic E-state index is 0.0633. The number of carboxylic acids is 1. The monoisotopic (exact) mass is 236 g/mol. The van der Waals surface area contributed by atoms with Crippen molar-refractivity contribution < 1.29 is 14.7 Å². The highest BCUT2D eigenvalue weighted by Crippen LogP contribution is 2.40. The maximum absolute atomic E-state index is 12.0. The average Bonchev–Trinajstić information content (AvgIpc) is 2.99. The van der Waals surface area contributed by atoms with E-state index < -0.39 is 11.9 Å². The molecule has 1 aromatic rings. The molecule has 2 aliphatic rings. The second-order valence-electron chi connectivity index (χ2n) is 4.49. The first-order valence-corrected chi connectivity index (χ1v) is 5.55. The van der Waals surface area contributed by atoms with Gasteiger partial charge in [0.25, 0.3) is 0 Å². The van der Waals surface area contributed by atoms with Crippen molar-refractivity contribution in [2.45, 2.75) is 19.5 Å². The molecule has 1 aromatic heterocycles. The van der Waals surface area contributed by atoms with Crippen LogP contribution in [0.5, 0.6) is 0 Å². The van der Waals surface area contributed by atoms with Crippen LogP contribution in [-0.2, 0) is 22.7 Å². The summed E-state index contributed by atoms with van der Waals surface area (Å²) in [5.41, 5.74) is 0. The fourth-order valence-corrected chi connectivity index (χ4v) is 2.23. The molecule has 1 aliphatic heterocycles. The molecule has 0 aromatic carbocycles. The van der Waals surface area contributed by atoms with Gasteiger partial charge in [0.1, 0.15) is 6.33 Å². The van der Waals surface area contributed by atoms with Crippen LogP contribution in [0.2, 0.25) is 0 Å². The van der Waals surface area contributed by atoms with Crippen molar-refractivity contribution in [3.8, 4) is 0 Å². The number of carbonyl (C=O) groups is 2. The Labute approximate surface area is 97.0 Å². The summed E-state index contributed by atoms with van der Waals surface area (Å²) >= 11 is 0. The molecule has 17 heavy (non-hydrogen) atoms. The van der Waals surface area contributed by atoms with E-state index >= 15 is 0 Å². The Morgan fingerprint density at radius 2 is 2.18 bits per heavy atom. The van der Waals surface area contributed by atoms with Crippen LogP contribution in [0.1, 0.15) is 12.2 Å². The number of fused-ring (bicyclic) bond motifs is 1. The highest BCUT2D eigenvalue weighted by Gasteiger charge is 2.50. The third-order valence-electron chi connectivity index (χ3n) is 3.38. The molecule has 1 N–H and O–H groups in total. The lowest BCUT2D eigenvalue weighted by Crippen LogP contribution is -2.39. The zero-order valence-electron chi connectivity index (χ0n) is 9.11. The van der Waals surface area contributed by atoms with Gasteiger partial charge in [0, 0.05) is 13.1 Å². The number of hydrogen-bond donors (Lipinski definition) is 1. The molecule has 90 valence electrons. The molecule has 2 heterocycles. The number of aromatic nitrogens is 3. The predicted molar refractivity (Wildman–Crippen MR) is 54.7 cm³/mol. The van der Waals surface area contributed by atoms with Crippen molar-refractivity contribution in [1.82, 2.24) is 19.7 Å². The minimum atomic E-state index is -0.872. The van der Waals surface area contributed by atoms with Gasteiger partial charge in [-0.15, -0.1) is 10.2 Å². The molecule has 0 radical (unpaired) electrons. The second kappa shape index (κ2) is 3.54. The number of nitrogens with zero attached hydrogens (tertiary/aromatic N) is 4. The number of hydrogen-bond acceptors (Lipinski definition) is 4. The molecule has 0 saturated heterocycles. The van der Waals surface area contributed by atoms with Gasteiger partial charge < -0.3 is 14.6 Å². The molecule has 1 amide bonds. The van der Waals surface area contributed by atoms with Crippen molar-refractivity contribution in [1.29, 1.82) is 0 Å². The highest BCUT2D eigenvalue weighted by molar-refractivity contribution is 5.89. The zero-order valence-corrected chi connectivity index (χ0v) is 9.11. The van der Waals surface area contributed by atoms with E-state index in [2.05, 4.69) is 10.2 Å². The summed E-state index contributed by atoms with van der Waals surface area (Å²) in [6.07, 6.45) is 2.12. The minimum Gasteiger partial charge on any atom is -0.481 e. The Morgan fingerprint density at radius 3 is 2.88 bits per heavy atom. The third-order valence-corrected chi connectivity index (χ3v) is 3.38. The first-order valence-electron chi connectivity index (χ1n) is 5.55. The van der Waals surface area contributed by atoms with E-state index in [0.717, 1.165) is 5.82 Å². The third kappa shape index (κ3) is 1.67. The highest BCUT2D eigenvalue weighted by atomic mass is 16.4. The van der Waals surface area contributed by atoms with Gasteiger partial charge in [0.2, 0.25) is 5.91 Å². The van der Waals surface area contributed by atoms with Crippen LogP contribution in [0, 0.1) is 11.8 Å². The summed E-state index contributed by atoms with van der Waals surface area (Å²) in [6, 6.07) is 0. The molecule has 1 saturated carbocycles.